The van der Waals surface area contributed by atoms with Gasteiger partial charge < -0.3 is 15.4 Å². The maximum atomic E-state index is 14.1. The lowest BCUT2D eigenvalue weighted by Gasteiger charge is -2.22. The van der Waals surface area contributed by atoms with E-state index in [4.69, 9.17) is 4.74 Å². The number of carbonyl (C=O) groups is 1. The van der Waals surface area contributed by atoms with Crippen LogP contribution in [-0.4, -0.2) is 27.9 Å². The molecule has 136 valence electrons. The molecule has 1 aromatic carbocycles. The Hall–Kier alpha value is -2.64. The molecule has 0 unspecified atom stereocenters. The number of urea groups is 1. The van der Waals surface area contributed by atoms with Crippen LogP contribution in [0.15, 0.2) is 24.5 Å². The highest BCUT2D eigenvalue weighted by atomic mass is 19.1. The van der Waals surface area contributed by atoms with Crippen LogP contribution in [0.1, 0.15) is 45.1 Å². The Morgan fingerprint density at radius 1 is 1.40 bits per heavy atom. The van der Waals surface area contributed by atoms with Crippen molar-refractivity contribution in [3.05, 3.63) is 41.7 Å². The van der Waals surface area contributed by atoms with Crippen molar-refractivity contribution >= 4 is 6.03 Å². The zero-order valence-corrected chi connectivity index (χ0v) is 15.1. The SMILES string of the molecule is COc1cccc(F)c1[C@H](C)NC(=O)NCc1ncnn1C(C)(C)C. The lowest BCUT2D eigenvalue weighted by molar-refractivity contribution is 0.236. The molecular weight excluding hydrogens is 325 g/mol. The van der Waals surface area contributed by atoms with E-state index in [0.717, 1.165) is 0 Å². The number of hydrogen-bond donors (Lipinski definition) is 2. The average molecular weight is 349 g/mol. The molecule has 2 N–H and O–H groups in total. The lowest BCUT2D eigenvalue weighted by Crippen LogP contribution is -2.38. The maximum Gasteiger partial charge on any atom is 0.315 e. The Bertz CT molecular complexity index is 739. The van der Waals surface area contributed by atoms with Crippen LogP contribution in [0, 0.1) is 5.82 Å². The van der Waals surface area contributed by atoms with Gasteiger partial charge in [-0.25, -0.2) is 18.9 Å². The van der Waals surface area contributed by atoms with Crippen molar-refractivity contribution in [1.29, 1.82) is 0 Å². The molecular formula is C17H24FN5O2. The third kappa shape index (κ3) is 4.46. The van der Waals surface area contributed by atoms with Crippen molar-refractivity contribution in [2.45, 2.75) is 45.8 Å². The van der Waals surface area contributed by atoms with Gasteiger partial charge >= 0.3 is 6.03 Å². The molecule has 2 rings (SSSR count). The summed E-state index contributed by atoms with van der Waals surface area (Å²) in [6.45, 7) is 7.90. The first-order chi connectivity index (χ1) is 11.7. The number of hydrogen-bond acceptors (Lipinski definition) is 4. The number of nitrogens with one attached hydrogen (secondary N) is 2. The number of amides is 2. The number of nitrogens with zero attached hydrogens (tertiary/aromatic N) is 3. The van der Waals surface area contributed by atoms with E-state index in [0.29, 0.717) is 17.1 Å². The van der Waals surface area contributed by atoms with Gasteiger partial charge in [-0.2, -0.15) is 5.10 Å². The predicted molar refractivity (Wildman–Crippen MR) is 91.8 cm³/mol. The monoisotopic (exact) mass is 349 g/mol. The second-order valence-electron chi connectivity index (χ2n) is 6.66. The van der Waals surface area contributed by atoms with Gasteiger partial charge in [-0.15, -0.1) is 0 Å². The highest BCUT2D eigenvalue weighted by Gasteiger charge is 2.20. The Morgan fingerprint density at radius 3 is 2.76 bits per heavy atom. The molecule has 0 saturated heterocycles. The summed E-state index contributed by atoms with van der Waals surface area (Å²) in [5.74, 6) is 0.596. The Morgan fingerprint density at radius 2 is 2.12 bits per heavy atom. The molecule has 25 heavy (non-hydrogen) atoms. The molecule has 0 spiro atoms. The van der Waals surface area contributed by atoms with Crippen molar-refractivity contribution < 1.29 is 13.9 Å². The molecule has 0 aliphatic heterocycles. The zero-order valence-electron chi connectivity index (χ0n) is 15.1. The molecule has 7 nitrogen and oxygen atoms in total. The fraction of sp³-hybridized carbons (Fsp3) is 0.471. The van der Waals surface area contributed by atoms with Gasteiger partial charge in [0.2, 0.25) is 0 Å². The van der Waals surface area contributed by atoms with E-state index < -0.39 is 17.9 Å². The summed E-state index contributed by atoms with van der Waals surface area (Å²) < 4.78 is 21.0. The van der Waals surface area contributed by atoms with Gasteiger partial charge in [-0.05, 0) is 39.8 Å². The summed E-state index contributed by atoms with van der Waals surface area (Å²) in [7, 11) is 1.46. The van der Waals surface area contributed by atoms with Crippen LogP contribution in [0.5, 0.6) is 5.75 Å². The van der Waals surface area contributed by atoms with E-state index in [2.05, 4.69) is 20.7 Å². The van der Waals surface area contributed by atoms with Crippen LogP contribution in [0.3, 0.4) is 0 Å². The molecule has 1 heterocycles. The molecule has 0 radical (unpaired) electrons. The topological polar surface area (TPSA) is 81.1 Å². The van der Waals surface area contributed by atoms with Crippen molar-refractivity contribution in [2.75, 3.05) is 7.11 Å². The van der Waals surface area contributed by atoms with Gasteiger partial charge in [-0.3, -0.25) is 0 Å². The van der Waals surface area contributed by atoms with Gasteiger partial charge in [0.15, 0.2) is 0 Å². The molecule has 2 amide bonds. The van der Waals surface area contributed by atoms with Crippen molar-refractivity contribution in [1.82, 2.24) is 25.4 Å². The summed E-state index contributed by atoms with van der Waals surface area (Å²) in [6.07, 6.45) is 1.45. The van der Waals surface area contributed by atoms with Crippen LogP contribution in [-0.2, 0) is 12.1 Å². The number of halogens is 1. The van der Waals surface area contributed by atoms with Gasteiger partial charge in [-0.1, -0.05) is 6.07 Å². The van der Waals surface area contributed by atoms with Gasteiger partial charge in [0.05, 0.1) is 30.8 Å². The van der Waals surface area contributed by atoms with Gasteiger partial charge in [0, 0.05) is 0 Å². The van der Waals surface area contributed by atoms with Crippen LogP contribution in [0.25, 0.3) is 0 Å². The van der Waals surface area contributed by atoms with Crippen molar-refractivity contribution in [2.24, 2.45) is 0 Å². The minimum Gasteiger partial charge on any atom is -0.496 e. The Labute approximate surface area is 146 Å². The number of carbonyl (C=O) groups excluding carboxylic acids is 1. The average Bonchev–Trinajstić information content (AvgIpc) is 3.01. The zero-order chi connectivity index (χ0) is 18.6. The highest BCUT2D eigenvalue weighted by Crippen LogP contribution is 2.27. The number of aromatic nitrogens is 3. The number of ether oxygens (including phenoxy) is 1. The smallest absolute Gasteiger partial charge is 0.315 e. The second-order valence-corrected chi connectivity index (χ2v) is 6.66. The van der Waals surface area contributed by atoms with Crippen LogP contribution in [0.4, 0.5) is 9.18 Å². The first-order valence-corrected chi connectivity index (χ1v) is 8.00. The van der Waals surface area contributed by atoms with E-state index in [1.807, 2.05) is 20.8 Å². The summed E-state index contributed by atoms with van der Waals surface area (Å²) in [5.41, 5.74) is 0.0654. The van der Waals surface area contributed by atoms with Gasteiger partial charge in [0.1, 0.15) is 23.7 Å². The van der Waals surface area contributed by atoms with Crippen LogP contribution >= 0.6 is 0 Å². The quantitative estimate of drug-likeness (QED) is 0.870. The largest absolute Gasteiger partial charge is 0.496 e. The summed E-state index contributed by atoms with van der Waals surface area (Å²) >= 11 is 0. The van der Waals surface area contributed by atoms with Crippen LogP contribution < -0.4 is 15.4 Å². The molecule has 0 fully saturated rings. The third-order valence-electron chi connectivity index (χ3n) is 3.67. The molecule has 1 atom stereocenters. The molecule has 0 aliphatic rings. The summed E-state index contributed by atoms with van der Waals surface area (Å²) in [5, 5.41) is 9.60. The summed E-state index contributed by atoms with van der Waals surface area (Å²) in [6, 6.07) is 3.56. The molecule has 1 aromatic heterocycles. The van der Waals surface area contributed by atoms with E-state index in [-0.39, 0.29) is 12.1 Å². The molecule has 8 heteroatoms. The minimum atomic E-state index is -0.559. The third-order valence-corrected chi connectivity index (χ3v) is 3.67. The van der Waals surface area contributed by atoms with E-state index in [9.17, 15) is 9.18 Å². The standard InChI is InChI=1S/C17H24FN5O2/c1-11(15-12(18)7-6-8-13(15)25-5)22-16(24)19-9-14-20-10-21-23(14)17(2,3)4/h6-8,10-11H,9H2,1-5H3,(H2,19,22,24)/t11-/m0/s1. The first-order valence-electron chi connectivity index (χ1n) is 8.00. The van der Waals surface area contributed by atoms with Crippen LogP contribution in [0.2, 0.25) is 0 Å². The van der Waals surface area contributed by atoms with E-state index >= 15 is 0 Å². The predicted octanol–water partition coefficient (Wildman–Crippen LogP) is 2.74. The molecule has 0 bridgehead atoms. The Kier molecular flexibility index (Phi) is 5.61. The second kappa shape index (κ2) is 7.50. The summed E-state index contributed by atoms with van der Waals surface area (Å²) in [4.78, 5) is 16.3. The lowest BCUT2D eigenvalue weighted by atomic mass is 10.1. The fourth-order valence-corrected chi connectivity index (χ4v) is 2.54. The van der Waals surface area contributed by atoms with Crippen molar-refractivity contribution in [3.8, 4) is 5.75 Å². The first kappa shape index (κ1) is 18.7. The molecule has 2 aromatic rings. The minimum absolute atomic E-state index is 0.213. The van der Waals surface area contributed by atoms with E-state index in [1.165, 1.54) is 19.5 Å². The molecule has 0 saturated carbocycles. The number of methoxy groups -OCH3 is 1. The number of benzene rings is 1. The van der Waals surface area contributed by atoms with Gasteiger partial charge in [0.25, 0.3) is 0 Å². The van der Waals surface area contributed by atoms with Crippen molar-refractivity contribution in [3.63, 3.8) is 0 Å². The highest BCUT2D eigenvalue weighted by molar-refractivity contribution is 5.74. The maximum absolute atomic E-state index is 14.1. The number of rotatable bonds is 5. The Balaban J connectivity index is 2.01. The van der Waals surface area contributed by atoms with E-state index in [1.54, 1.807) is 23.7 Å². The fourth-order valence-electron chi connectivity index (χ4n) is 2.54. The molecule has 0 aliphatic carbocycles. The normalized spacial score (nSPS) is 12.6.